The van der Waals surface area contributed by atoms with Crippen LogP contribution in [0.5, 0.6) is 0 Å². The minimum absolute atomic E-state index is 0.173. The maximum Gasteiger partial charge on any atom is 0.151 e. The summed E-state index contributed by atoms with van der Waals surface area (Å²) in [6.45, 7) is 12.0. The lowest BCUT2D eigenvalue weighted by Crippen LogP contribution is -2.62. The van der Waals surface area contributed by atoms with E-state index in [0.29, 0.717) is 52.8 Å². The first kappa shape index (κ1) is 23.7. The Hall–Kier alpha value is -1.01. The Morgan fingerprint density at radius 3 is 2.42 bits per heavy atom. The highest BCUT2D eigenvalue weighted by atomic mass is 16.3. The second-order valence-electron chi connectivity index (χ2n) is 13.0. The van der Waals surface area contributed by atoms with Crippen molar-refractivity contribution in [2.45, 2.75) is 111 Å². The van der Waals surface area contributed by atoms with Crippen molar-refractivity contribution in [2.75, 3.05) is 0 Å². The van der Waals surface area contributed by atoms with Crippen LogP contribution in [0.3, 0.4) is 0 Å². The van der Waals surface area contributed by atoms with Gasteiger partial charge in [0, 0.05) is 5.92 Å². The molecule has 4 aliphatic carbocycles. The quantitative estimate of drug-likeness (QED) is 0.580. The number of tetrazole rings is 1. The van der Waals surface area contributed by atoms with E-state index in [9.17, 15) is 10.2 Å². The number of aromatic amines is 1. The van der Waals surface area contributed by atoms with Crippen LogP contribution in [0.4, 0.5) is 0 Å². The summed E-state index contributed by atoms with van der Waals surface area (Å²) in [6, 6.07) is 0. The Morgan fingerprint density at radius 1 is 1.00 bits per heavy atom. The number of H-pyrrole nitrogens is 1. The molecule has 0 saturated heterocycles. The normalized spacial score (nSPS) is 49.1. The third kappa shape index (κ3) is 3.61. The second kappa shape index (κ2) is 8.58. The first-order chi connectivity index (χ1) is 15.7. The molecule has 0 bridgehead atoms. The number of fused-ring (bicyclic) bond motifs is 5. The molecule has 6 heteroatoms. The molecule has 1 aromatic heterocycles. The van der Waals surface area contributed by atoms with Crippen LogP contribution in [0.25, 0.3) is 0 Å². The van der Waals surface area contributed by atoms with E-state index in [1.54, 1.807) is 0 Å². The summed E-state index contributed by atoms with van der Waals surface area (Å²) in [7, 11) is 0. The molecule has 3 unspecified atom stereocenters. The molecule has 12 atom stereocenters. The summed E-state index contributed by atoms with van der Waals surface area (Å²) in [6.07, 6.45) is 9.82. The largest absolute Gasteiger partial charge is 0.393 e. The van der Waals surface area contributed by atoms with Crippen molar-refractivity contribution in [3.05, 3.63) is 5.82 Å². The third-order valence-corrected chi connectivity index (χ3v) is 11.7. The topological polar surface area (TPSA) is 94.9 Å². The average molecular weight is 459 g/mol. The van der Waals surface area contributed by atoms with Gasteiger partial charge in [-0.2, -0.15) is 0 Å². The molecule has 0 spiro atoms. The van der Waals surface area contributed by atoms with Gasteiger partial charge >= 0.3 is 0 Å². The molecule has 0 aromatic carbocycles. The number of hydrogen-bond acceptors (Lipinski definition) is 5. The van der Waals surface area contributed by atoms with Crippen molar-refractivity contribution in [1.29, 1.82) is 0 Å². The molecular formula is C27H46N4O2. The number of hydrogen-bond donors (Lipinski definition) is 3. The van der Waals surface area contributed by atoms with E-state index in [0.717, 1.165) is 37.9 Å². The third-order valence-electron chi connectivity index (χ3n) is 11.7. The van der Waals surface area contributed by atoms with E-state index in [2.05, 4.69) is 55.2 Å². The molecule has 186 valence electrons. The smallest absolute Gasteiger partial charge is 0.151 e. The lowest BCUT2D eigenvalue weighted by molar-refractivity contribution is -0.203. The van der Waals surface area contributed by atoms with Crippen LogP contribution in [0, 0.1) is 52.3 Å². The lowest BCUT2D eigenvalue weighted by atomic mass is 9.41. The van der Waals surface area contributed by atoms with Gasteiger partial charge in [-0.1, -0.05) is 41.0 Å². The molecule has 4 fully saturated rings. The van der Waals surface area contributed by atoms with Crippen molar-refractivity contribution in [3.8, 4) is 0 Å². The van der Waals surface area contributed by atoms with E-state index in [-0.39, 0.29) is 17.6 Å². The number of aliphatic hydroxyl groups is 2. The molecule has 4 aliphatic rings. The van der Waals surface area contributed by atoms with Crippen molar-refractivity contribution >= 4 is 0 Å². The predicted octanol–water partition coefficient (Wildman–Crippen LogP) is 4.96. The molecule has 5 rings (SSSR count). The monoisotopic (exact) mass is 458 g/mol. The van der Waals surface area contributed by atoms with Crippen LogP contribution in [0.1, 0.15) is 104 Å². The van der Waals surface area contributed by atoms with Gasteiger partial charge in [-0.15, -0.1) is 5.10 Å². The summed E-state index contributed by atoms with van der Waals surface area (Å²) in [4.78, 5) is 0. The van der Waals surface area contributed by atoms with Crippen molar-refractivity contribution in [2.24, 2.45) is 52.3 Å². The van der Waals surface area contributed by atoms with E-state index in [1.807, 2.05) is 0 Å². The lowest BCUT2D eigenvalue weighted by Gasteiger charge is -2.64. The number of aromatic nitrogens is 4. The molecule has 3 N–H and O–H groups in total. The Balaban J connectivity index is 1.39. The van der Waals surface area contributed by atoms with Crippen LogP contribution in [-0.4, -0.2) is 43.0 Å². The minimum Gasteiger partial charge on any atom is -0.393 e. The minimum atomic E-state index is -0.207. The van der Waals surface area contributed by atoms with E-state index in [4.69, 9.17) is 0 Å². The number of nitrogens with one attached hydrogen (secondary N) is 1. The Morgan fingerprint density at radius 2 is 1.73 bits per heavy atom. The van der Waals surface area contributed by atoms with E-state index in [1.165, 1.54) is 25.7 Å². The van der Waals surface area contributed by atoms with Crippen molar-refractivity contribution in [1.82, 2.24) is 20.6 Å². The van der Waals surface area contributed by atoms with Gasteiger partial charge in [0.1, 0.15) is 0 Å². The molecule has 0 radical (unpaired) electrons. The van der Waals surface area contributed by atoms with Crippen LogP contribution in [-0.2, 0) is 0 Å². The first-order valence-corrected chi connectivity index (χ1v) is 13.8. The van der Waals surface area contributed by atoms with E-state index >= 15 is 0 Å². The van der Waals surface area contributed by atoms with Gasteiger partial charge in [0.05, 0.1) is 12.2 Å². The van der Waals surface area contributed by atoms with Gasteiger partial charge < -0.3 is 10.2 Å². The fourth-order valence-electron chi connectivity index (χ4n) is 10.1. The molecule has 6 nitrogen and oxygen atoms in total. The molecule has 1 heterocycles. The zero-order valence-electron chi connectivity index (χ0n) is 21.4. The Labute approximate surface area is 199 Å². The molecule has 4 saturated carbocycles. The van der Waals surface area contributed by atoms with Gasteiger partial charge in [0.2, 0.25) is 0 Å². The highest BCUT2D eigenvalue weighted by molar-refractivity contribution is 5.13. The zero-order chi connectivity index (χ0) is 23.5. The van der Waals surface area contributed by atoms with Gasteiger partial charge in [-0.3, -0.25) is 0 Å². The van der Waals surface area contributed by atoms with Crippen LogP contribution in [0.2, 0.25) is 0 Å². The van der Waals surface area contributed by atoms with Crippen LogP contribution < -0.4 is 0 Å². The Kier molecular flexibility index (Phi) is 6.17. The highest BCUT2D eigenvalue weighted by Crippen LogP contribution is 2.69. The SMILES string of the molecule is CC[C@H]1[C@@H](O)C2C3CC[C@H]([C@H](C)C[C@H](C)c4nnn[nH]4)[C@@]3(C)CCC2[C@@]2(C)CC[C@@H](O)C[C@@H]12. The average Bonchev–Trinajstić information content (AvgIpc) is 3.43. The molecule has 1 aromatic rings. The van der Waals surface area contributed by atoms with Crippen LogP contribution in [0.15, 0.2) is 0 Å². The molecule has 33 heavy (non-hydrogen) atoms. The summed E-state index contributed by atoms with van der Waals surface area (Å²) in [5.74, 6) is 5.03. The maximum atomic E-state index is 11.9. The number of aliphatic hydroxyl groups excluding tert-OH is 2. The summed E-state index contributed by atoms with van der Waals surface area (Å²) in [5.41, 5.74) is 0.596. The number of nitrogens with zero attached hydrogens (tertiary/aromatic N) is 3. The molecule has 0 aliphatic heterocycles. The van der Waals surface area contributed by atoms with Crippen LogP contribution >= 0.6 is 0 Å². The highest BCUT2D eigenvalue weighted by Gasteiger charge is 2.64. The van der Waals surface area contributed by atoms with E-state index < -0.39 is 0 Å². The fourth-order valence-corrected chi connectivity index (χ4v) is 10.1. The van der Waals surface area contributed by atoms with Crippen molar-refractivity contribution < 1.29 is 10.2 Å². The van der Waals surface area contributed by atoms with Gasteiger partial charge in [-0.05, 0) is 114 Å². The Bertz CT molecular complexity index is 817. The van der Waals surface area contributed by atoms with Gasteiger partial charge in [0.25, 0.3) is 0 Å². The summed E-state index contributed by atoms with van der Waals surface area (Å²) < 4.78 is 0. The predicted molar refractivity (Wildman–Crippen MR) is 128 cm³/mol. The first-order valence-electron chi connectivity index (χ1n) is 13.8. The summed E-state index contributed by atoms with van der Waals surface area (Å²) >= 11 is 0. The molecular weight excluding hydrogens is 412 g/mol. The maximum absolute atomic E-state index is 11.9. The van der Waals surface area contributed by atoms with Gasteiger partial charge in [0.15, 0.2) is 5.82 Å². The standard InChI is InChI=1S/C27H46N4O2/c1-6-18-22-14-17(32)9-11-27(22,5)21-10-12-26(4)19(7-8-20(26)23(21)24(18)33)15(2)13-16(3)25-28-30-31-29-25/h15-24,32-33H,6-14H2,1-5H3,(H,28,29,30,31)/t15-,16+,17-,18-,19-,20?,21?,22+,23?,24-,26-,27-/m1/s1. The zero-order valence-corrected chi connectivity index (χ0v) is 21.4. The van der Waals surface area contributed by atoms with Crippen molar-refractivity contribution in [3.63, 3.8) is 0 Å². The molecule has 0 amide bonds. The fraction of sp³-hybridized carbons (Fsp3) is 0.963. The van der Waals surface area contributed by atoms with Gasteiger partial charge in [-0.25, -0.2) is 5.10 Å². The summed E-state index contributed by atoms with van der Waals surface area (Å²) in [5, 5.41) is 37.0. The second-order valence-corrected chi connectivity index (χ2v) is 13.0. The number of rotatable bonds is 5.